The summed E-state index contributed by atoms with van der Waals surface area (Å²) in [5.74, 6) is 2.34. The Morgan fingerprint density at radius 1 is 1.08 bits per heavy atom. The number of nitrogens with zero attached hydrogens (tertiary/aromatic N) is 5. The van der Waals surface area contributed by atoms with Crippen LogP contribution in [-0.2, 0) is 12.3 Å². The molecule has 0 bridgehead atoms. The normalized spacial score (nSPS) is 11.0. The summed E-state index contributed by atoms with van der Waals surface area (Å²) in [6.07, 6.45) is 6.65. The average Bonchev–Trinajstić information content (AvgIpc) is 3.33. The molecule has 26 heavy (non-hydrogen) atoms. The van der Waals surface area contributed by atoms with E-state index in [0.29, 0.717) is 18.1 Å². The second kappa shape index (κ2) is 7.53. The quantitative estimate of drug-likeness (QED) is 0.483. The maximum absolute atomic E-state index is 5.51. The summed E-state index contributed by atoms with van der Waals surface area (Å²) in [4.78, 5) is 8.49. The van der Waals surface area contributed by atoms with Gasteiger partial charge in [0, 0.05) is 18.1 Å². The van der Waals surface area contributed by atoms with Crippen LogP contribution in [0.1, 0.15) is 16.9 Å². The first-order valence-electron chi connectivity index (χ1n) is 8.20. The first kappa shape index (κ1) is 16.5. The van der Waals surface area contributed by atoms with E-state index >= 15 is 0 Å². The predicted octanol–water partition coefficient (Wildman–Crippen LogP) is 3.98. The molecule has 0 amide bonds. The first-order chi connectivity index (χ1) is 12.8. The van der Waals surface area contributed by atoms with Crippen molar-refractivity contribution in [2.24, 2.45) is 0 Å². The van der Waals surface area contributed by atoms with Gasteiger partial charge in [-0.1, -0.05) is 41.6 Å². The minimum atomic E-state index is 0.544. The van der Waals surface area contributed by atoms with Gasteiger partial charge in [0.2, 0.25) is 0 Å². The van der Waals surface area contributed by atoms with Crippen LogP contribution in [0.25, 0.3) is 11.5 Å². The molecule has 0 fully saturated rings. The summed E-state index contributed by atoms with van der Waals surface area (Å²) >= 11 is 1.64. The number of benzene rings is 1. The summed E-state index contributed by atoms with van der Waals surface area (Å²) in [6, 6.07) is 12.3. The summed E-state index contributed by atoms with van der Waals surface area (Å²) in [6.45, 7) is 2.63. The molecular weight excluding hydrogens is 346 g/mol. The van der Waals surface area contributed by atoms with Crippen molar-refractivity contribution >= 4 is 11.8 Å². The Kier molecular flexibility index (Phi) is 4.79. The molecule has 0 saturated carbocycles. The highest BCUT2D eigenvalue weighted by molar-refractivity contribution is 7.98. The smallest absolute Gasteiger partial charge is 0.192 e. The highest BCUT2D eigenvalue weighted by Gasteiger charge is 2.17. The summed E-state index contributed by atoms with van der Waals surface area (Å²) < 4.78 is 7.52. The van der Waals surface area contributed by atoms with Crippen molar-refractivity contribution in [3.05, 3.63) is 78.1 Å². The zero-order valence-electron chi connectivity index (χ0n) is 14.2. The molecule has 0 spiro atoms. The average molecular weight is 363 g/mol. The van der Waals surface area contributed by atoms with E-state index in [0.717, 1.165) is 16.7 Å². The minimum Gasteiger partial charge on any atom is -0.467 e. The molecule has 4 rings (SSSR count). The van der Waals surface area contributed by atoms with E-state index < -0.39 is 0 Å². The van der Waals surface area contributed by atoms with Crippen molar-refractivity contribution in [2.45, 2.75) is 24.4 Å². The highest BCUT2D eigenvalue weighted by atomic mass is 32.2. The number of hydrogen-bond acceptors (Lipinski definition) is 6. The Labute approximate surface area is 155 Å². The van der Waals surface area contributed by atoms with Gasteiger partial charge in [-0.25, -0.2) is 4.98 Å². The van der Waals surface area contributed by atoms with Gasteiger partial charge in [0.1, 0.15) is 11.5 Å². The molecule has 0 aliphatic rings. The molecule has 0 radical (unpaired) electrons. The van der Waals surface area contributed by atoms with E-state index in [2.05, 4.69) is 51.4 Å². The molecule has 130 valence electrons. The van der Waals surface area contributed by atoms with Crippen molar-refractivity contribution < 1.29 is 4.42 Å². The second-order valence-corrected chi connectivity index (χ2v) is 6.78. The SMILES string of the molecule is Cc1ccc(CSc2nnc(-c3cnccn3)n2Cc2ccco2)cc1. The lowest BCUT2D eigenvalue weighted by Crippen LogP contribution is -2.04. The van der Waals surface area contributed by atoms with Crippen LogP contribution in [0.2, 0.25) is 0 Å². The third kappa shape index (κ3) is 3.67. The Bertz CT molecular complexity index is 965. The molecule has 3 heterocycles. The zero-order valence-corrected chi connectivity index (χ0v) is 15.1. The number of aromatic nitrogens is 5. The van der Waals surface area contributed by atoms with Crippen molar-refractivity contribution in [1.29, 1.82) is 0 Å². The Hall–Kier alpha value is -2.93. The fourth-order valence-corrected chi connectivity index (χ4v) is 3.43. The molecule has 3 aromatic heterocycles. The van der Waals surface area contributed by atoms with Gasteiger partial charge in [0.05, 0.1) is 19.0 Å². The Morgan fingerprint density at radius 2 is 1.96 bits per heavy atom. The molecule has 0 unspecified atom stereocenters. The molecule has 1 aromatic carbocycles. The Morgan fingerprint density at radius 3 is 2.69 bits per heavy atom. The maximum atomic E-state index is 5.51. The first-order valence-corrected chi connectivity index (χ1v) is 9.18. The topological polar surface area (TPSA) is 69.6 Å². The summed E-state index contributed by atoms with van der Waals surface area (Å²) in [5, 5.41) is 9.54. The van der Waals surface area contributed by atoms with Gasteiger partial charge in [-0.2, -0.15) is 0 Å². The van der Waals surface area contributed by atoms with Crippen LogP contribution in [0.5, 0.6) is 0 Å². The predicted molar refractivity (Wildman–Crippen MR) is 99.6 cm³/mol. The zero-order chi connectivity index (χ0) is 17.8. The van der Waals surface area contributed by atoms with Gasteiger partial charge in [-0.05, 0) is 24.6 Å². The van der Waals surface area contributed by atoms with Crippen LogP contribution in [0.4, 0.5) is 0 Å². The third-order valence-electron chi connectivity index (χ3n) is 3.89. The van der Waals surface area contributed by atoms with Crippen LogP contribution in [0.15, 0.2) is 70.8 Å². The standard InChI is InChI=1S/C19H17N5OS/c1-14-4-6-15(7-5-14)13-26-19-23-22-18(17-11-20-8-9-21-17)24(19)12-16-3-2-10-25-16/h2-11H,12-13H2,1H3. The van der Waals surface area contributed by atoms with E-state index in [1.807, 2.05) is 16.7 Å². The molecule has 6 nitrogen and oxygen atoms in total. The van der Waals surface area contributed by atoms with Gasteiger partial charge in [-0.15, -0.1) is 10.2 Å². The maximum Gasteiger partial charge on any atom is 0.192 e. The van der Waals surface area contributed by atoms with Crippen molar-refractivity contribution in [1.82, 2.24) is 24.7 Å². The molecule has 0 aliphatic heterocycles. The van der Waals surface area contributed by atoms with Crippen LogP contribution in [0, 0.1) is 6.92 Å². The van der Waals surface area contributed by atoms with Crippen LogP contribution >= 0.6 is 11.8 Å². The van der Waals surface area contributed by atoms with Crippen LogP contribution < -0.4 is 0 Å². The number of rotatable bonds is 6. The van der Waals surface area contributed by atoms with Crippen molar-refractivity contribution in [2.75, 3.05) is 0 Å². The van der Waals surface area contributed by atoms with Gasteiger partial charge >= 0.3 is 0 Å². The monoisotopic (exact) mass is 363 g/mol. The molecule has 7 heteroatoms. The summed E-state index contributed by atoms with van der Waals surface area (Å²) in [7, 11) is 0. The second-order valence-electron chi connectivity index (χ2n) is 5.84. The van der Waals surface area contributed by atoms with Gasteiger partial charge in [0.15, 0.2) is 11.0 Å². The number of hydrogen-bond donors (Lipinski definition) is 0. The van der Waals surface area contributed by atoms with Gasteiger partial charge in [-0.3, -0.25) is 9.55 Å². The van der Waals surface area contributed by atoms with Crippen LogP contribution in [-0.4, -0.2) is 24.7 Å². The largest absolute Gasteiger partial charge is 0.467 e. The molecular formula is C19H17N5OS. The fraction of sp³-hybridized carbons (Fsp3) is 0.158. The lowest BCUT2D eigenvalue weighted by molar-refractivity contribution is 0.485. The highest BCUT2D eigenvalue weighted by Crippen LogP contribution is 2.26. The summed E-state index contributed by atoms with van der Waals surface area (Å²) in [5.41, 5.74) is 3.19. The fourth-order valence-electron chi connectivity index (χ4n) is 2.53. The van der Waals surface area contributed by atoms with E-state index in [1.165, 1.54) is 11.1 Å². The van der Waals surface area contributed by atoms with E-state index in [-0.39, 0.29) is 0 Å². The van der Waals surface area contributed by atoms with Crippen LogP contribution in [0.3, 0.4) is 0 Å². The lowest BCUT2D eigenvalue weighted by Gasteiger charge is -2.08. The minimum absolute atomic E-state index is 0.544. The molecule has 4 aromatic rings. The van der Waals surface area contributed by atoms with E-state index in [9.17, 15) is 0 Å². The van der Waals surface area contributed by atoms with E-state index in [1.54, 1.807) is 36.6 Å². The number of furan rings is 1. The third-order valence-corrected chi connectivity index (χ3v) is 4.93. The number of thioether (sulfide) groups is 1. The molecule has 0 aliphatic carbocycles. The lowest BCUT2D eigenvalue weighted by atomic mass is 10.2. The molecule has 0 atom stereocenters. The van der Waals surface area contributed by atoms with Gasteiger partial charge in [0.25, 0.3) is 0 Å². The molecule has 0 saturated heterocycles. The van der Waals surface area contributed by atoms with Crippen molar-refractivity contribution in [3.63, 3.8) is 0 Å². The van der Waals surface area contributed by atoms with Gasteiger partial charge < -0.3 is 4.42 Å². The Balaban J connectivity index is 1.63. The van der Waals surface area contributed by atoms with Crippen molar-refractivity contribution in [3.8, 4) is 11.5 Å². The van der Waals surface area contributed by atoms with E-state index in [4.69, 9.17) is 4.42 Å². The number of aryl methyl sites for hydroxylation is 1. The molecule has 0 N–H and O–H groups in total.